The van der Waals surface area contributed by atoms with E-state index < -0.39 is 6.23 Å². The maximum absolute atomic E-state index is 12.7. The first kappa shape index (κ1) is 23.1. The second-order valence-corrected chi connectivity index (χ2v) is 7.77. The highest BCUT2D eigenvalue weighted by Crippen LogP contribution is 2.35. The van der Waals surface area contributed by atoms with Crippen molar-refractivity contribution in [3.63, 3.8) is 0 Å². The molecule has 0 radical (unpaired) electrons. The number of rotatable bonds is 6. The van der Waals surface area contributed by atoms with Crippen LogP contribution in [0.4, 0.5) is 5.69 Å². The molecule has 9 heteroatoms. The molecule has 1 unspecified atom stereocenters. The van der Waals surface area contributed by atoms with Crippen LogP contribution < -0.4 is 14.8 Å². The second kappa shape index (κ2) is 9.84. The van der Waals surface area contributed by atoms with E-state index in [1.165, 1.54) is 19.0 Å². The van der Waals surface area contributed by atoms with Gasteiger partial charge in [-0.05, 0) is 36.4 Å². The Hall–Kier alpha value is -4.04. The lowest BCUT2D eigenvalue weighted by Gasteiger charge is -2.20. The zero-order chi connectivity index (χ0) is 24.2. The summed E-state index contributed by atoms with van der Waals surface area (Å²) in [7, 11) is 3.09. The second-order valence-electron chi connectivity index (χ2n) is 7.36. The van der Waals surface area contributed by atoms with Crippen LogP contribution in [0.2, 0.25) is 5.02 Å². The molecule has 0 spiro atoms. The van der Waals surface area contributed by atoms with E-state index in [1.807, 2.05) is 0 Å². The topological polar surface area (TPSA) is 89.5 Å². The lowest BCUT2D eigenvalue weighted by atomic mass is 10.1. The standard InChI is InChI=1S/C25H22ClN3O5/c1-15(30)29-25(34-24(28-29)20-12-11-18(32-2)14-22(20)33-3)16-7-6-8-17(13-16)27-23(31)19-9-4-5-10-21(19)26/h4-14,25H,1-3H3,(H,27,31). The van der Waals surface area contributed by atoms with Gasteiger partial charge in [-0.1, -0.05) is 35.9 Å². The van der Waals surface area contributed by atoms with Crippen molar-refractivity contribution in [2.75, 3.05) is 19.5 Å². The Morgan fingerprint density at radius 3 is 2.53 bits per heavy atom. The smallest absolute Gasteiger partial charge is 0.257 e. The third-order valence-electron chi connectivity index (χ3n) is 5.15. The predicted octanol–water partition coefficient (Wildman–Crippen LogP) is 4.85. The maximum Gasteiger partial charge on any atom is 0.257 e. The first-order valence-electron chi connectivity index (χ1n) is 10.3. The van der Waals surface area contributed by atoms with Crippen LogP contribution in [-0.2, 0) is 9.53 Å². The minimum absolute atomic E-state index is 0.227. The molecule has 174 valence electrons. The Kier molecular flexibility index (Phi) is 6.70. The fourth-order valence-electron chi connectivity index (χ4n) is 3.48. The molecule has 0 bridgehead atoms. The van der Waals surface area contributed by atoms with Gasteiger partial charge in [-0.2, -0.15) is 5.01 Å². The van der Waals surface area contributed by atoms with Crippen molar-refractivity contribution in [2.24, 2.45) is 5.10 Å². The molecule has 1 aliphatic heterocycles. The van der Waals surface area contributed by atoms with Gasteiger partial charge >= 0.3 is 0 Å². The minimum atomic E-state index is -0.823. The average Bonchev–Trinajstić information content (AvgIpc) is 3.30. The summed E-state index contributed by atoms with van der Waals surface area (Å²) in [6.45, 7) is 1.40. The summed E-state index contributed by atoms with van der Waals surface area (Å²) in [5.41, 5.74) is 2.07. The van der Waals surface area contributed by atoms with Crippen LogP contribution in [0.1, 0.15) is 34.6 Å². The summed E-state index contributed by atoms with van der Waals surface area (Å²) in [5.74, 6) is 0.672. The van der Waals surface area contributed by atoms with Gasteiger partial charge in [0.2, 0.25) is 18.0 Å². The monoisotopic (exact) mass is 479 g/mol. The quantitative estimate of drug-likeness (QED) is 0.546. The fourth-order valence-corrected chi connectivity index (χ4v) is 3.70. The number of hydrogen-bond acceptors (Lipinski definition) is 6. The van der Waals surface area contributed by atoms with Gasteiger partial charge < -0.3 is 19.5 Å². The Labute approximate surface area is 201 Å². The molecule has 1 N–H and O–H groups in total. The molecule has 1 aliphatic rings. The molecule has 2 amide bonds. The van der Waals surface area contributed by atoms with Crippen LogP contribution in [0, 0.1) is 0 Å². The van der Waals surface area contributed by atoms with Gasteiger partial charge in [0.05, 0.1) is 30.4 Å². The van der Waals surface area contributed by atoms with Crippen molar-refractivity contribution < 1.29 is 23.8 Å². The van der Waals surface area contributed by atoms with Crippen molar-refractivity contribution in [2.45, 2.75) is 13.2 Å². The van der Waals surface area contributed by atoms with E-state index in [0.29, 0.717) is 38.9 Å². The number of ether oxygens (including phenoxy) is 3. The first-order chi connectivity index (χ1) is 16.4. The lowest BCUT2D eigenvalue weighted by molar-refractivity contribution is -0.135. The van der Waals surface area contributed by atoms with Gasteiger partial charge in [0.25, 0.3) is 5.91 Å². The molecule has 0 aliphatic carbocycles. The van der Waals surface area contributed by atoms with Crippen LogP contribution in [-0.4, -0.2) is 36.9 Å². The molecule has 0 saturated heterocycles. The number of hydrazone groups is 1. The number of nitrogens with zero attached hydrogens (tertiary/aromatic N) is 2. The zero-order valence-corrected chi connectivity index (χ0v) is 19.5. The van der Waals surface area contributed by atoms with E-state index in [4.69, 9.17) is 25.8 Å². The number of carbonyl (C=O) groups is 2. The Morgan fingerprint density at radius 1 is 1.03 bits per heavy atom. The molecule has 1 heterocycles. The number of carbonyl (C=O) groups excluding carboxylic acids is 2. The molecule has 34 heavy (non-hydrogen) atoms. The summed E-state index contributed by atoms with van der Waals surface area (Å²) in [5, 5.41) is 8.80. The van der Waals surface area contributed by atoms with Crippen LogP contribution >= 0.6 is 11.6 Å². The van der Waals surface area contributed by atoms with Crippen molar-refractivity contribution >= 4 is 35.0 Å². The van der Waals surface area contributed by atoms with Crippen molar-refractivity contribution in [1.82, 2.24) is 5.01 Å². The molecule has 4 rings (SSSR count). The highest BCUT2D eigenvalue weighted by molar-refractivity contribution is 6.34. The first-order valence-corrected chi connectivity index (χ1v) is 10.7. The van der Waals surface area contributed by atoms with Crippen molar-refractivity contribution in [3.8, 4) is 11.5 Å². The molecule has 3 aromatic rings. The third kappa shape index (κ3) is 4.67. The van der Waals surface area contributed by atoms with Crippen molar-refractivity contribution in [1.29, 1.82) is 0 Å². The summed E-state index contributed by atoms with van der Waals surface area (Å²) < 4.78 is 16.8. The van der Waals surface area contributed by atoms with Gasteiger partial charge in [0, 0.05) is 24.2 Å². The van der Waals surface area contributed by atoms with Gasteiger partial charge in [-0.15, -0.1) is 5.10 Å². The average molecular weight is 480 g/mol. The molecular weight excluding hydrogens is 458 g/mol. The van der Waals surface area contributed by atoms with Gasteiger partial charge in [-0.25, -0.2) is 0 Å². The zero-order valence-electron chi connectivity index (χ0n) is 18.7. The maximum atomic E-state index is 12.7. The van der Waals surface area contributed by atoms with E-state index in [-0.39, 0.29) is 17.7 Å². The molecule has 8 nitrogen and oxygen atoms in total. The molecule has 0 aromatic heterocycles. The summed E-state index contributed by atoms with van der Waals surface area (Å²) in [6.07, 6.45) is -0.823. The fraction of sp³-hybridized carbons (Fsp3) is 0.160. The summed E-state index contributed by atoms with van der Waals surface area (Å²) >= 11 is 6.13. The van der Waals surface area contributed by atoms with Gasteiger partial charge in [-0.3, -0.25) is 9.59 Å². The minimum Gasteiger partial charge on any atom is -0.497 e. The summed E-state index contributed by atoms with van der Waals surface area (Å²) in [4.78, 5) is 25.0. The molecule has 0 saturated carbocycles. The number of anilines is 1. The van der Waals surface area contributed by atoms with E-state index in [2.05, 4.69) is 10.4 Å². The molecule has 1 atom stereocenters. The van der Waals surface area contributed by atoms with E-state index >= 15 is 0 Å². The number of halogens is 1. The summed E-state index contributed by atoms with van der Waals surface area (Å²) in [6, 6.07) is 19.0. The van der Waals surface area contributed by atoms with Crippen LogP contribution in [0.15, 0.2) is 71.8 Å². The van der Waals surface area contributed by atoms with Crippen LogP contribution in [0.3, 0.4) is 0 Å². The number of methoxy groups -OCH3 is 2. The van der Waals surface area contributed by atoms with Crippen LogP contribution in [0.25, 0.3) is 0 Å². The van der Waals surface area contributed by atoms with E-state index in [1.54, 1.807) is 73.8 Å². The Balaban J connectivity index is 1.61. The Morgan fingerprint density at radius 2 is 1.82 bits per heavy atom. The number of hydrogen-bond donors (Lipinski definition) is 1. The SMILES string of the molecule is COc1ccc(C2=NN(C(C)=O)C(c3cccc(NC(=O)c4ccccc4Cl)c3)O2)c(OC)c1. The normalized spacial score (nSPS) is 14.8. The number of amides is 2. The molecular formula is C25H22ClN3O5. The highest BCUT2D eigenvalue weighted by atomic mass is 35.5. The molecule has 3 aromatic carbocycles. The molecule has 0 fully saturated rings. The third-order valence-corrected chi connectivity index (χ3v) is 5.48. The number of nitrogens with one attached hydrogen (secondary N) is 1. The lowest BCUT2D eigenvalue weighted by Crippen LogP contribution is -2.25. The van der Waals surface area contributed by atoms with Crippen molar-refractivity contribution in [3.05, 3.63) is 88.4 Å². The number of benzene rings is 3. The highest BCUT2D eigenvalue weighted by Gasteiger charge is 2.34. The van der Waals surface area contributed by atoms with E-state index in [0.717, 1.165) is 0 Å². The van der Waals surface area contributed by atoms with Gasteiger partial charge in [0.15, 0.2) is 0 Å². The van der Waals surface area contributed by atoms with E-state index in [9.17, 15) is 9.59 Å². The Bertz CT molecular complexity index is 1280. The predicted molar refractivity (Wildman–Crippen MR) is 128 cm³/mol. The van der Waals surface area contributed by atoms with Crippen LogP contribution in [0.5, 0.6) is 11.5 Å². The van der Waals surface area contributed by atoms with Gasteiger partial charge in [0.1, 0.15) is 11.5 Å². The largest absolute Gasteiger partial charge is 0.497 e.